The third-order valence-electron chi connectivity index (χ3n) is 15.8. The zero-order valence-electron chi connectivity index (χ0n) is 50.7. The quantitative estimate of drug-likeness (QED) is 0.0479. The maximum atomic E-state index is 14.7. The van der Waals surface area contributed by atoms with Gasteiger partial charge in [0.05, 0.1) is 100 Å². The number of carbonyl (C=O) groups is 5. The number of fused-ring (bicyclic) bond motifs is 7. The van der Waals surface area contributed by atoms with Gasteiger partial charge in [-0.3, -0.25) is 33.6 Å². The van der Waals surface area contributed by atoms with Crippen LogP contribution >= 0.6 is 0 Å². The number of benzene rings is 3. The molecule has 3 N–H and O–H groups in total. The number of aryl methyl sites for hydroxylation is 3. The number of rotatable bonds is 26. The number of halogens is 1. The van der Waals surface area contributed by atoms with E-state index in [-0.39, 0.29) is 98.3 Å². The molecule has 1 aliphatic carbocycles. The van der Waals surface area contributed by atoms with Crippen LogP contribution in [0.2, 0.25) is 0 Å². The number of carbonyl (C=O) groups excluding carboxylic acids is 5. The predicted octanol–water partition coefficient (Wildman–Crippen LogP) is 6.86. The van der Waals surface area contributed by atoms with E-state index in [0.29, 0.717) is 93.0 Å². The highest BCUT2D eigenvalue weighted by Crippen LogP contribution is 2.36. The third kappa shape index (κ3) is 16.4. The molecule has 0 unspecified atom stereocenters. The number of nitrogens with one attached hydrogen (secondary N) is 3. The minimum absolute atomic E-state index is 0.00822. The van der Waals surface area contributed by atoms with Gasteiger partial charge >= 0.3 is 0 Å². The fraction of sp³-hybridized carbons (Fsp3) is 0.516. The van der Waals surface area contributed by atoms with Gasteiger partial charge in [-0.2, -0.15) is 10.4 Å². The van der Waals surface area contributed by atoms with Crippen LogP contribution in [0.4, 0.5) is 4.39 Å². The second kappa shape index (κ2) is 30.1. The summed E-state index contributed by atoms with van der Waals surface area (Å²) in [7, 11) is 3.29. The van der Waals surface area contributed by atoms with E-state index in [1.54, 1.807) is 39.8 Å². The van der Waals surface area contributed by atoms with Crippen LogP contribution in [0.15, 0.2) is 66.9 Å². The van der Waals surface area contributed by atoms with Crippen LogP contribution in [-0.4, -0.2) is 151 Å². The standard InChI is InChI=1S/C64H81FN10O11/c1-40(67-7)59(77)71-58(64(4,5)6)63(80)74-38-45-33-48(20-18-44(45)34-55(74)60(78)69-52-17-11-14-43-13-9-10-16-49(43)52)85-32-31-84-30-29-83-28-27-82-26-25-81-24-22-47(76)15-12-23-75-56(36-66)57-53-37-68-41(2)61(70-53)86-42(3)51-35-46(65)19-21-50(51)62(79)73(8)39-54(57)72-75/h9-10,13,16,18-21,33,35,37,40,42,52,55,58,67H,11-12,14-15,17,22-32,34,38-39H2,1-8H3,(H,69,78)(H,71,77)/t40-,42-,52+,55-,58+/m1/s1. The Labute approximate surface area is 502 Å². The summed E-state index contributed by atoms with van der Waals surface area (Å²) in [6.45, 7) is 14.1. The van der Waals surface area contributed by atoms with Crippen molar-refractivity contribution in [1.29, 1.82) is 5.26 Å². The Morgan fingerprint density at radius 1 is 0.884 bits per heavy atom. The van der Waals surface area contributed by atoms with E-state index in [1.165, 1.54) is 39.5 Å². The van der Waals surface area contributed by atoms with Gasteiger partial charge in [-0.1, -0.05) is 51.1 Å². The second-order valence-corrected chi connectivity index (χ2v) is 23.1. The Bertz CT molecular complexity index is 3250. The Morgan fingerprint density at radius 2 is 1.59 bits per heavy atom. The fourth-order valence-electron chi connectivity index (χ4n) is 10.8. The van der Waals surface area contributed by atoms with Crippen LogP contribution in [0, 0.1) is 29.5 Å². The summed E-state index contributed by atoms with van der Waals surface area (Å²) in [6.07, 6.45) is 4.64. The van der Waals surface area contributed by atoms with E-state index in [2.05, 4.69) is 39.1 Å². The molecule has 0 fully saturated rings. The van der Waals surface area contributed by atoms with Crippen molar-refractivity contribution < 1.29 is 56.8 Å². The lowest BCUT2D eigenvalue weighted by Gasteiger charge is -2.41. The molecule has 0 spiro atoms. The Hall–Kier alpha value is -7.68. The summed E-state index contributed by atoms with van der Waals surface area (Å²) in [6, 6.07) is 17.7. The number of ketones is 1. The van der Waals surface area contributed by atoms with Crippen LogP contribution in [0.25, 0.3) is 11.3 Å². The van der Waals surface area contributed by atoms with Crippen molar-refractivity contribution in [1.82, 2.24) is 45.5 Å². The highest BCUT2D eigenvalue weighted by molar-refractivity contribution is 5.96. The average molecular weight is 1190 g/mol. The number of amides is 4. The molecule has 2 aliphatic heterocycles. The molecular weight excluding hydrogens is 1100 g/mol. The van der Waals surface area contributed by atoms with Crippen LogP contribution in [-0.2, 0) is 70.6 Å². The Balaban J connectivity index is 0.718. The normalized spacial score (nSPS) is 17.3. The average Bonchev–Trinajstić information content (AvgIpc) is 2.35. The van der Waals surface area contributed by atoms with Crippen LogP contribution in [0.3, 0.4) is 0 Å². The van der Waals surface area contributed by atoms with E-state index < -0.39 is 35.5 Å². The van der Waals surface area contributed by atoms with Gasteiger partial charge in [0.15, 0.2) is 0 Å². The molecule has 0 saturated carbocycles. The summed E-state index contributed by atoms with van der Waals surface area (Å²) in [5.74, 6) is -0.973. The minimum Gasteiger partial charge on any atom is -0.491 e. The lowest BCUT2D eigenvalue weighted by Crippen LogP contribution is -2.62. The maximum absolute atomic E-state index is 14.7. The van der Waals surface area contributed by atoms with E-state index in [1.807, 2.05) is 51.1 Å². The summed E-state index contributed by atoms with van der Waals surface area (Å²) in [4.78, 5) is 81.1. The Morgan fingerprint density at radius 3 is 2.30 bits per heavy atom. The van der Waals surface area contributed by atoms with Crippen molar-refractivity contribution in [2.45, 2.75) is 136 Å². The second-order valence-electron chi connectivity index (χ2n) is 23.1. The molecule has 4 heterocycles. The van der Waals surface area contributed by atoms with Crippen LogP contribution in [0.5, 0.6) is 11.6 Å². The van der Waals surface area contributed by atoms with E-state index in [9.17, 15) is 33.6 Å². The van der Waals surface area contributed by atoms with Gasteiger partial charge in [-0.05, 0) is 112 Å². The number of nitrogens with zero attached hydrogens (tertiary/aromatic N) is 7. The van der Waals surface area contributed by atoms with Crippen molar-refractivity contribution in [3.05, 3.63) is 123 Å². The Kier molecular flexibility index (Phi) is 22.5. The van der Waals surface area contributed by atoms with Crippen molar-refractivity contribution >= 4 is 29.4 Å². The molecule has 0 radical (unpaired) electrons. The first kappa shape index (κ1) is 64.3. The van der Waals surface area contributed by atoms with Crippen molar-refractivity contribution in [2.24, 2.45) is 5.41 Å². The minimum atomic E-state index is -0.894. The summed E-state index contributed by atoms with van der Waals surface area (Å²) in [5.41, 5.74) is 5.92. The number of Topliss-reactive ketones (excluding diaryl/α,β-unsaturated/α-hetero) is 1. The fourth-order valence-corrected chi connectivity index (χ4v) is 10.8. The zero-order valence-corrected chi connectivity index (χ0v) is 50.7. The highest BCUT2D eigenvalue weighted by Gasteiger charge is 2.43. The van der Waals surface area contributed by atoms with Crippen LogP contribution < -0.4 is 25.4 Å². The monoisotopic (exact) mass is 1180 g/mol. The van der Waals surface area contributed by atoms with Gasteiger partial charge in [0, 0.05) is 50.5 Å². The molecule has 3 aromatic carbocycles. The lowest BCUT2D eigenvalue weighted by atomic mass is 9.83. The molecule has 4 amide bonds. The topological polar surface area (TPSA) is 251 Å². The number of hydrogen-bond donors (Lipinski definition) is 3. The number of aromatic nitrogens is 4. The molecule has 21 nitrogen and oxygen atoms in total. The van der Waals surface area contributed by atoms with Crippen molar-refractivity contribution in [3.63, 3.8) is 0 Å². The van der Waals surface area contributed by atoms with Gasteiger partial charge in [-0.15, -0.1) is 0 Å². The zero-order chi connectivity index (χ0) is 61.5. The third-order valence-corrected chi connectivity index (χ3v) is 15.8. The number of nitriles is 1. The molecule has 0 saturated heterocycles. The summed E-state index contributed by atoms with van der Waals surface area (Å²) in [5, 5.41) is 24.3. The molecular formula is C64H81FN10O11. The lowest BCUT2D eigenvalue weighted by molar-refractivity contribution is -0.147. The summed E-state index contributed by atoms with van der Waals surface area (Å²) < 4.78 is 50.9. The van der Waals surface area contributed by atoms with Crippen LogP contribution in [0.1, 0.15) is 134 Å². The smallest absolute Gasteiger partial charge is 0.254 e. The first-order valence-electron chi connectivity index (χ1n) is 29.6. The molecule has 86 heavy (non-hydrogen) atoms. The first-order chi connectivity index (χ1) is 41.3. The first-order valence-corrected chi connectivity index (χ1v) is 29.6. The van der Waals surface area contributed by atoms with Gasteiger partial charge in [0.1, 0.15) is 53.9 Å². The van der Waals surface area contributed by atoms with Gasteiger partial charge in [0.2, 0.25) is 23.6 Å². The summed E-state index contributed by atoms with van der Waals surface area (Å²) >= 11 is 0. The molecule has 2 bridgehead atoms. The van der Waals surface area contributed by atoms with Gasteiger partial charge < -0.3 is 54.2 Å². The van der Waals surface area contributed by atoms with Crippen molar-refractivity contribution in [2.75, 3.05) is 73.6 Å². The number of hydrogen-bond acceptors (Lipinski definition) is 16. The number of ether oxygens (including phenoxy) is 6. The predicted molar refractivity (Wildman–Crippen MR) is 316 cm³/mol. The highest BCUT2D eigenvalue weighted by atomic mass is 19.1. The molecule has 460 valence electrons. The largest absolute Gasteiger partial charge is 0.491 e. The van der Waals surface area contributed by atoms with Gasteiger partial charge in [-0.25, -0.2) is 9.37 Å². The molecule has 5 atom stereocenters. The van der Waals surface area contributed by atoms with E-state index in [0.717, 1.165) is 36.0 Å². The molecule has 3 aliphatic rings. The molecule has 5 aromatic rings. The van der Waals surface area contributed by atoms with E-state index in [4.69, 9.17) is 38.5 Å². The van der Waals surface area contributed by atoms with Crippen molar-refractivity contribution in [3.8, 4) is 29.0 Å². The molecule has 22 heteroatoms. The van der Waals surface area contributed by atoms with Gasteiger partial charge in [0.25, 0.3) is 5.91 Å². The molecule has 2 aromatic heterocycles. The maximum Gasteiger partial charge on any atom is 0.254 e. The van der Waals surface area contributed by atoms with E-state index >= 15 is 0 Å². The molecule has 8 rings (SSSR count). The number of likely N-dealkylation sites (N-methyl/N-ethyl adjacent to an activating group) is 1. The SMILES string of the molecule is CN[C@H](C)C(=O)N[C@@H](C(=O)N1Cc2cc(OCCOCCOCCOCCOCCC(=O)CCCn3nc4c(c3C#N)-c3cnc(C)c(n3)O[C@H](C)c3cc(F)ccc3C(=O)N(C)C4)ccc2C[C@@H]1C(=O)N[C@H]1CCCc2ccccc21)C(C)(C)C.